The molecule has 5 heteroatoms. The van der Waals surface area contributed by atoms with Crippen LogP contribution in [-0.2, 0) is 25.7 Å². The fourth-order valence-electron chi connectivity index (χ4n) is 4.00. The van der Waals surface area contributed by atoms with E-state index in [4.69, 9.17) is 14.6 Å². The molecule has 182 valence electrons. The van der Waals surface area contributed by atoms with Gasteiger partial charge in [-0.15, -0.1) is 0 Å². The molecule has 0 heterocycles. The fourth-order valence-corrected chi connectivity index (χ4v) is 4.00. The molecule has 0 spiro atoms. The molecule has 0 radical (unpaired) electrons. The van der Waals surface area contributed by atoms with Gasteiger partial charge in [0.1, 0.15) is 6.10 Å². The van der Waals surface area contributed by atoms with Crippen LogP contribution in [-0.4, -0.2) is 29.3 Å². The number of carboxylic acid groups (broad SMARTS) is 1. The van der Waals surface area contributed by atoms with Crippen molar-refractivity contribution in [3.63, 3.8) is 0 Å². The molecule has 2 atom stereocenters. The molecule has 0 amide bonds. The second kappa shape index (κ2) is 18.7. The maximum absolute atomic E-state index is 11.2. The lowest BCUT2D eigenvalue weighted by molar-refractivity contribution is -0.147. The summed E-state index contributed by atoms with van der Waals surface area (Å²) in [6.45, 7) is 3.98. The predicted molar refractivity (Wildman–Crippen MR) is 129 cm³/mol. The maximum Gasteiger partial charge on any atom is 0.303 e. The highest BCUT2D eigenvalue weighted by Gasteiger charge is 2.16. The average molecular weight is 449 g/mol. The average Bonchev–Trinajstić information content (AvgIpc) is 2.75. The molecular weight excluding hydrogens is 404 g/mol. The summed E-state index contributed by atoms with van der Waals surface area (Å²) in [5.41, 5.74) is 1.17. The van der Waals surface area contributed by atoms with E-state index in [0.29, 0.717) is 13.0 Å². The monoisotopic (exact) mass is 448 g/mol. The SMILES string of the molecule is CC(=O)OC(C)CC(CCCCCCCCCCCCCC(=O)O)OCc1ccccc1. The van der Waals surface area contributed by atoms with Gasteiger partial charge in [-0.1, -0.05) is 94.5 Å². The quantitative estimate of drug-likeness (QED) is 0.171. The molecule has 1 aromatic rings. The second-order valence-corrected chi connectivity index (χ2v) is 8.90. The molecular formula is C27H44O5. The topological polar surface area (TPSA) is 72.8 Å². The van der Waals surface area contributed by atoms with E-state index in [1.165, 1.54) is 57.4 Å². The normalized spacial score (nSPS) is 12.9. The van der Waals surface area contributed by atoms with Crippen molar-refractivity contribution in [2.75, 3.05) is 0 Å². The zero-order valence-electron chi connectivity index (χ0n) is 20.2. The Balaban J connectivity index is 2.12. The summed E-state index contributed by atoms with van der Waals surface area (Å²) in [5, 5.41) is 8.62. The van der Waals surface area contributed by atoms with E-state index in [-0.39, 0.29) is 18.2 Å². The number of ether oxygens (including phenoxy) is 2. The number of hydrogen-bond acceptors (Lipinski definition) is 4. The standard InChI is InChI=1S/C27H44O5/c1-23(32-24(2)28)21-26(31-22-25-17-13-12-14-18-25)19-15-10-8-6-4-3-5-7-9-11-16-20-27(29)30/h12-14,17-18,23,26H,3-11,15-16,19-22H2,1-2H3,(H,29,30). The first kappa shape index (κ1) is 28.2. The van der Waals surface area contributed by atoms with Gasteiger partial charge in [0.2, 0.25) is 0 Å². The highest BCUT2D eigenvalue weighted by molar-refractivity contribution is 5.66. The summed E-state index contributed by atoms with van der Waals surface area (Å²) >= 11 is 0. The van der Waals surface area contributed by atoms with Crippen LogP contribution in [0.25, 0.3) is 0 Å². The number of carbonyl (C=O) groups excluding carboxylic acids is 1. The van der Waals surface area contributed by atoms with Crippen LogP contribution in [0.4, 0.5) is 0 Å². The third kappa shape index (κ3) is 16.8. The Kier molecular flexibility index (Phi) is 16.4. The number of aliphatic carboxylic acids is 1. The van der Waals surface area contributed by atoms with Gasteiger partial charge in [-0.2, -0.15) is 0 Å². The number of rotatable bonds is 20. The molecule has 0 saturated heterocycles. The first-order valence-corrected chi connectivity index (χ1v) is 12.5. The van der Waals surface area contributed by atoms with Gasteiger partial charge in [0.25, 0.3) is 0 Å². The van der Waals surface area contributed by atoms with Gasteiger partial charge >= 0.3 is 11.9 Å². The minimum atomic E-state index is -0.682. The molecule has 0 aliphatic carbocycles. The van der Waals surface area contributed by atoms with Gasteiger partial charge in [-0.25, -0.2) is 0 Å². The van der Waals surface area contributed by atoms with Gasteiger partial charge in [0.05, 0.1) is 12.7 Å². The van der Waals surface area contributed by atoms with E-state index in [1.54, 1.807) is 0 Å². The van der Waals surface area contributed by atoms with Gasteiger partial charge in [-0.3, -0.25) is 9.59 Å². The summed E-state index contributed by atoms with van der Waals surface area (Å²) in [6, 6.07) is 10.2. The molecule has 2 unspecified atom stereocenters. The highest BCUT2D eigenvalue weighted by Crippen LogP contribution is 2.18. The molecule has 0 bridgehead atoms. The van der Waals surface area contributed by atoms with Crippen LogP contribution < -0.4 is 0 Å². The fraction of sp³-hybridized carbons (Fsp3) is 0.704. The summed E-state index contributed by atoms with van der Waals surface area (Å²) in [6.07, 6.45) is 14.9. The van der Waals surface area contributed by atoms with Crippen molar-refractivity contribution >= 4 is 11.9 Å². The van der Waals surface area contributed by atoms with E-state index < -0.39 is 5.97 Å². The van der Waals surface area contributed by atoms with Crippen LogP contribution >= 0.6 is 0 Å². The maximum atomic E-state index is 11.2. The highest BCUT2D eigenvalue weighted by atomic mass is 16.5. The van der Waals surface area contributed by atoms with Crippen molar-refractivity contribution in [3.8, 4) is 0 Å². The number of carbonyl (C=O) groups is 2. The van der Waals surface area contributed by atoms with Crippen molar-refractivity contribution < 1.29 is 24.2 Å². The molecule has 0 saturated carbocycles. The van der Waals surface area contributed by atoms with E-state index in [1.807, 2.05) is 25.1 Å². The third-order valence-corrected chi connectivity index (χ3v) is 5.71. The van der Waals surface area contributed by atoms with Crippen molar-refractivity contribution in [2.45, 2.75) is 123 Å². The summed E-state index contributed by atoms with van der Waals surface area (Å²) in [5.74, 6) is -0.919. The van der Waals surface area contributed by atoms with Crippen molar-refractivity contribution in [2.24, 2.45) is 0 Å². The molecule has 1 N–H and O–H groups in total. The second-order valence-electron chi connectivity index (χ2n) is 8.90. The van der Waals surface area contributed by atoms with E-state index in [9.17, 15) is 9.59 Å². The van der Waals surface area contributed by atoms with Crippen molar-refractivity contribution in [3.05, 3.63) is 35.9 Å². The summed E-state index contributed by atoms with van der Waals surface area (Å²) in [7, 11) is 0. The van der Waals surface area contributed by atoms with Gasteiger partial charge < -0.3 is 14.6 Å². The zero-order valence-corrected chi connectivity index (χ0v) is 20.2. The Labute approximate surface area is 194 Å². The number of benzene rings is 1. The van der Waals surface area contributed by atoms with Crippen LogP contribution in [0.1, 0.15) is 109 Å². The Hall–Kier alpha value is -1.88. The van der Waals surface area contributed by atoms with Crippen LogP contribution in [0.3, 0.4) is 0 Å². The Morgan fingerprint density at radius 3 is 1.91 bits per heavy atom. The smallest absolute Gasteiger partial charge is 0.303 e. The molecule has 32 heavy (non-hydrogen) atoms. The number of hydrogen-bond donors (Lipinski definition) is 1. The molecule has 0 aromatic heterocycles. The Morgan fingerprint density at radius 2 is 1.38 bits per heavy atom. The third-order valence-electron chi connectivity index (χ3n) is 5.71. The molecule has 0 aliphatic heterocycles. The van der Waals surface area contributed by atoms with Gasteiger partial charge in [-0.05, 0) is 25.3 Å². The first-order chi connectivity index (χ1) is 15.5. The zero-order chi connectivity index (χ0) is 23.4. The van der Waals surface area contributed by atoms with Crippen LogP contribution in [0, 0.1) is 0 Å². The lowest BCUT2D eigenvalue weighted by Crippen LogP contribution is -2.22. The molecule has 0 fully saturated rings. The van der Waals surface area contributed by atoms with Crippen molar-refractivity contribution in [1.82, 2.24) is 0 Å². The molecule has 1 aromatic carbocycles. The van der Waals surface area contributed by atoms with E-state index in [0.717, 1.165) is 38.5 Å². The Morgan fingerprint density at radius 1 is 0.844 bits per heavy atom. The van der Waals surface area contributed by atoms with Crippen LogP contribution in [0.15, 0.2) is 30.3 Å². The minimum Gasteiger partial charge on any atom is -0.481 e. The van der Waals surface area contributed by atoms with E-state index in [2.05, 4.69) is 12.1 Å². The van der Waals surface area contributed by atoms with Crippen LogP contribution in [0.2, 0.25) is 0 Å². The van der Waals surface area contributed by atoms with E-state index >= 15 is 0 Å². The predicted octanol–water partition coefficient (Wildman–Crippen LogP) is 7.07. The number of unbranched alkanes of at least 4 members (excludes halogenated alkanes) is 10. The Bertz CT molecular complexity index is 601. The molecule has 5 nitrogen and oxygen atoms in total. The van der Waals surface area contributed by atoms with Crippen molar-refractivity contribution in [1.29, 1.82) is 0 Å². The summed E-state index contributed by atoms with van der Waals surface area (Å²) in [4.78, 5) is 21.7. The lowest BCUT2D eigenvalue weighted by Gasteiger charge is -2.22. The largest absolute Gasteiger partial charge is 0.481 e. The molecule has 1 rings (SSSR count). The number of carboxylic acids is 1. The first-order valence-electron chi connectivity index (χ1n) is 12.5. The molecule has 0 aliphatic rings. The summed E-state index contributed by atoms with van der Waals surface area (Å²) < 4.78 is 11.5. The van der Waals surface area contributed by atoms with Gasteiger partial charge in [0.15, 0.2) is 0 Å². The number of esters is 1. The van der Waals surface area contributed by atoms with Gasteiger partial charge in [0, 0.05) is 19.8 Å². The lowest BCUT2D eigenvalue weighted by atomic mass is 10.0. The van der Waals surface area contributed by atoms with Crippen LogP contribution in [0.5, 0.6) is 0 Å². The minimum absolute atomic E-state index is 0.102.